The molecule has 1 aromatic rings. The summed E-state index contributed by atoms with van der Waals surface area (Å²) in [5, 5.41) is 16.3. The van der Waals surface area contributed by atoms with Gasteiger partial charge in [0, 0.05) is 19.7 Å². The topological polar surface area (TPSA) is 67.2 Å². The van der Waals surface area contributed by atoms with Crippen LogP contribution in [0.15, 0.2) is 11.0 Å². The maximum absolute atomic E-state index is 12.1. The molecule has 18 heavy (non-hydrogen) atoms. The Bertz CT molecular complexity index is 471. The molecule has 1 aliphatic rings. The third kappa shape index (κ3) is 3.23. The van der Waals surface area contributed by atoms with Crippen LogP contribution in [0.3, 0.4) is 0 Å². The van der Waals surface area contributed by atoms with Crippen molar-refractivity contribution in [3.63, 3.8) is 0 Å². The Morgan fingerprint density at radius 2 is 2.39 bits per heavy atom. The van der Waals surface area contributed by atoms with Crippen LogP contribution in [-0.4, -0.2) is 28.0 Å². The van der Waals surface area contributed by atoms with Crippen molar-refractivity contribution in [3.8, 4) is 0 Å². The number of nitrogens with zero attached hydrogens (tertiary/aromatic N) is 2. The standard InChI is InChI=1S/C12H18ClN3O2/c1-8(7-17)4-14-11-10(13)5-15-16(12(11)18)6-9-2-3-9/h5,8-9,14,17H,2-4,6-7H2,1H3. The van der Waals surface area contributed by atoms with Crippen molar-refractivity contribution >= 4 is 17.3 Å². The van der Waals surface area contributed by atoms with Crippen LogP contribution in [0.1, 0.15) is 19.8 Å². The lowest BCUT2D eigenvalue weighted by molar-refractivity contribution is 0.244. The highest BCUT2D eigenvalue weighted by atomic mass is 35.5. The van der Waals surface area contributed by atoms with Crippen molar-refractivity contribution in [1.82, 2.24) is 9.78 Å². The van der Waals surface area contributed by atoms with E-state index in [2.05, 4.69) is 10.4 Å². The van der Waals surface area contributed by atoms with E-state index in [1.165, 1.54) is 23.7 Å². The fourth-order valence-corrected chi connectivity index (χ4v) is 1.84. The second kappa shape index (κ2) is 5.71. The molecule has 0 spiro atoms. The fraction of sp³-hybridized carbons (Fsp3) is 0.667. The molecular weight excluding hydrogens is 254 g/mol. The minimum Gasteiger partial charge on any atom is -0.396 e. The van der Waals surface area contributed by atoms with E-state index < -0.39 is 0 Å². The molecule has 5 nitrogen and oxygen atoms in total. The summed E-state index contributed by atoms with van der Waals surface area (Å²) in [5.74, 6) is 0.658. The number of rotatable bonds is 6. The number of hydrogen-bond donors (Lipinski definition) is 2. The van der Waals surface area contributed by atoms with Gasteiger partial charge >= 0.3 is 0 Å². The quantitative estimate of drug-likeness (QED) is 0.820. The van der Waals surface area contributed by atoms with Crippen molar-refractivity contribution < 1.29 is 5.11 Å². The zero-order chi connectivity index (χ0) is 13.1. The molecule has 0 radical (unpaired) electrons. The predicted octanol–water partition coefficient (Wildman–Crippen LogP) is 1.35. The third-order valence-corrected chi connectivity index (χ3v) is 3.35. The van der Waals surface area contributed by atoms with Gasteiger partial charge in [-0.05, 0) is 24.7 Å². The first-order chi connectivity index (χ1) is 8.61. The molecule has 2 rings (SSSR count). The molecule has 100 valence electrons. The second-order valence-corrected chi connectivity index (χ2v) is 5.37. The minimum absolute atomic E-state index is 0.0746. The van der Waals surface area contributed by atoms with E-state index in [1.807, 2.05) is 6.92 Å². The first-order valence-corrected chi connectivity index (χ1v) is 6.60. The van der Waals surface area contributed by atoms with Crippen LogP contribution in [0.2, 0.25) is 5.02 Å². The van der Waals surface area contributed by atoms with Crippen molar-refractivity contribution in [1.29, 1.82) is 0 Å². The maximum atomic E-state index is 12.1. The molecule has 0 aromatic carbocycles. The Balaban J connectivity index is 2.13. The minimum atomic E-state index is -0.181. The highest BCUT2D eigenvalue weighted by Gasteiger charge is 2.23. The molecule has 0 amide bonds. The Kier molecular flexibility index (Phi) is 4.24. The summed E-state index contributed by atoms with van der Waals surface area (Å²) in [7, 11) is 0. The van der Waals surface area contributed by atoms with Gasteiger partial charge in [-0.3, -0.25) is 4.79 Å². The molecule has 0 aliphatic heterocycles. The zero-order valence-electron chi connectivity index (χ0n) is 10.4. The van der Waals surface area contributed by atoms with Gasteiger partial charge in [0.25, 0.3) is 5.56 Å². The molecule has 1 aliphatic carbocycles. The second-order valence-electron chi connectivity index (χ2n) is 4.97. The monoisotopic (exact) mass is 271 g/mol. The Morgan fingerprint density at radius 1 is 1.67 bits per heavy atom. The molecule has 6 heteroatoms. The van der Waals surface area contributed by atoms with Gasteiger partial charge in [0.15, 0.2) is 0 Å². The van der Waals surface area contributed by atoms with Gasteiger partial charge in [0.2, 0.25) is 0 Å². The maximum Gasteiger partial charge on any atom is 0.291 e. The first kappa shape index (κ1) is 13.4. The van der Waals surface area contributed by atoms with Crippen LogP contribution in [0.4, 0.5) is 5.69 Å². The Hall–Kier alpha value is -1.07. The number of nitrogens with one attached hydrogen (secondary N) is 1. The highest BCUT2D eigenvalue weighted by molar-refractivity contribution is 6.32. The molecular formula is C12H18ClN3O2. The molecule has 1 heterocycles. The van der Waals surface area contributed by atoms with Crippen LogP contribution in [-0.2, 0) is 6.54 Å². The molecule has 0 bridgehead atoms. The predicted molar refractivity (Wildman–Crippen MR) is 71.0 cm³/mol. The van der Waals surface area contributed by atoms with Gasteiger partial charge in [0.05, 0.1) is 11.2 Å². The number of aromatic nitrogens is 2. The van der Waals surface area contributed by atoms with E-state index in [4.69, 9.17) is 16.7 Å². The Morgan fingerprint density at radius 3 is 3.00 bits per heavy atom. The van der Waals surface area contributed by atoms with E-state index in [9.17, 15) is 4.79 Å². The summed E-state index contributed by atoms with van der Waals surface area (Å²) in [5.41, 5.74) is 0.201. The first-order valence-electron chi connectivity index (χ1n) is 6.22. The lowest BCUT2D eigenvalue weighted by atomic mass is 10.2. The molecule has 1 fully saturated rings. The molecule has 1 atom stereocenters. The molecule has 1 unspecified atom stereocenters. The number of aliphatic hydroxyl groups is 1. The summed E-state index contributed by atoms with van der Waals surface area (Å²) < 4.78 is 1.47. The summed E-state index contributed by atoms with van der Waals surface area (Å²) in [6.45, 7) is 3.15. The molecule has 0 saturated heterocycles. The molecule has 1 saturated carbocycles. The summed E-state index contributed by atoms with van der Waals surface area (Å²) >= 11 is 5.98. The molecule has 1 aromatic heterocycles. The number of aliphatic hydroxyl groups excluding tert-OH is 1. The van der Waals surface area contributed by atoms with Crippen LogP contribution in [0.5, 0.6) is 0 Å². The van der Waals surface area contributed by atoms with Crippen molar-refractivity contribution in [2.75, 3.05) is 18.5 Å². The average Bonchev–Trinajstić information content (AvgIpc) is 3.16. The van der Waals surface area contributed by atoms with E-state index in [0.29, 0.717) is 29.7 Å². The van der Waals surface area contributed by atoms with E-state index >= 15 is 0 Å². The van der Waals surface area contributed by atoms with E-state index in [1.54, 1.807) is 0 Å². The SMILES string of the molecule is CC(CO)CNc1c(Cl)cnn(CC2CC2)c1=O. The number of halogens is 1. The lowest BCUT2D eigenvalue weighted by Gasteiger charge is -2.13. The van der Waals surface area contributed by atoms with E-state index in [0.717, 1.165) is 0 Å². The fourth-order valence-electron chi connectivity index (χ4n) is 1.64. The van der Waals surface area contributed by atoms with Gasteiger partial charge in [0.1, 0.15) is 5.69 Å². The highest BCUT2D eigenvalue weighted by Crippen LogP contribution is 2.30. The Labute approximate surface area is 111 Å². The van der Waals surface area contributed by atoms with Gasteiger partial charge in [-0.2, -0.15) is 5.10 Å². The summed E-state index contributed by atoms with van der Waals surface area (Å²) in [4.78, 5) is 12.1. The smallest absolute Gasteiger partial charge is 0.291 e. The summed E-state index contributed by atoms with van der Waals surface area (Å²) in [6, 6.07) is 0. The van der Waals surface area contributed by atoms with Crippen LogP contribution in [0.25, 0.3) is 0 Å². The summed E-state index contributed by atoms with van der Waals surface area (Å²) in [6.07, 6.45) is 3.83. The van der Waals surface area contributed by atoms with Gasteiger partial charge < -0.3 is 10.4 Å². The largest absolute Gasteiger partial charge is 0.396 e. The van der Waals surface area contributed by atoms with Crippen molar-refractivity contribution in [3.05, 3.63) is 21.6 Å². The van der Waals surface area contributed by atoms with Crippen molar-refractivity contribution in [2.24, 2.45) is 11.8 Å². The average molecular weight is 272 g/mol. The van der Waals surface area contributed by atoms with Crippen LogP contribution >= 0.6 is 11.6 Å². The molecule has 2 N–H and O–H groups in total. The number of hydrogen-bond acceptors (Lipinski definition) is 4. The van der Waals surface area contributed by atoms with Crippen LogP contribution in [0, 0.1) is 11.8 Å². The van der Waals surface area contributed by atoms with Gasteiger partial charge in [-0.1, -0.05) is 18.5 Å². The lowest BCUT2D eigenvalue weighted by Crippen LogP contribution is -2.28. The van der Waals surface area contributed by atoms with Gasteiger partial charge in [-0.15, -0.1) is 0 Å². The van der Waals surface area contributed by atoms with Crippen LogP contribution < -0.4 is 10.9 Å². The number of anilines is 1. The van der Waals surface area contributed by atoms with Crippen molar-refractivity contribution in [2.45, 2.75) is 26.3 Å². The zero-order valence-corrected chi connectivity index (χ0v) is 11.2. The normalized spacial score (nSPS) is 16.6. The van der Waals surface area contributed by atoms with E-state index in [-0.39, 0.29) is 18.1 Å². The van der Waals surface area contributed by atoms with Gasteiger partial charge in [-0.25, -0.2) is 4.68 Å². The third-order valence-electron chi connectivity index (χ3n) is 3.06.